The third kappa shape index (κ3) is 11.5. The Kier molecular flexibility index (Phi) is 14.0. The van der Waals surface area contributed by atoms with Crippen LogP contribution in [0, 0.1) is 10.1 Å². The van der Waals surface area contributed by atoms with E-state index < -0.39 is 45.6 Å². The molecule has 1 unspecified atom stereocenters. The van der Waals surface area contributed by atoms with E-state index in [0.717, 1.165) is 4.88 Å². The zero-order chi connectivity index (χ0) is 43.7. The Balaban J connectivity index is 1.25. The second kappa shape index (κ2) is 19.5. The number of ether oxygens (including phenoxy) is 2. The number of thioether (sulfide) groups is 1. The van der Waals surface area contributed by atoms with E-state index in [9.17, 15) is 34.1 Å². The fourth-order valence-corrected chi connectivity index (χ4v) is 8.59. The van der Waals surface area contributed by atoms with E-state index in [0.29, 0.717) is 50.8 Å². The average molecular weight is 862 g/mol. The quantitative estimate of drug-likeness (QED) is 0.0339. The molecular weight excluding hydrogens is 819 g/mol. The molecule has 1 atom stereocenters. The molecule has 4 aromatic carbocycles. The van der Waals surface area contributed by atoms with Gasteiger partial charge in [-0.2, -0.15) is 0 Å². The van der Waals surface area contributed by atoms with Crippen LogP contribution in [-0.4, -0.2) is 58.4 Å². The lowest BCUT2D eigenvalue weighted by Gasteiger charge is -2.30. The molecule has 0 saturated carbocycles. The van der Waals surface area contributed by atoms with Gasteiger partial charge in [-0.25, -0.2) is 9.59 Å². The number of hydrogen-bond acceptors (Lipinski definition) is 11. The first-order valence-corrected chi connectivity index (χ1v) is 20.9. The molecule has 3 N–H and O–H groups in total. The molecule has 0 spiro atoms. The first-order chi connectivity index (χ1) is 29.2. The van der Waals surface area contributed by atoms with E-state index >= 15 is 0 Å². The number of amides is 4. The Hall–Kier alpha value is -6.78. The van der Waals surface area contributed by atoms with Crippen LogP contribution >= 0.6 is 23.1 Å². The van der Waals surface area contributed by atoms with E-state index in [-0.39, 0.29) is 30.1 Å². The molecule has 0 aliphatic carbocycles. The SMILES string of the molecule is CCOC(=O)c1c(NC(=O)C(Sc2cccc(NC(=O)/C(=C\c3ccc([N+](=O)[O-])cc3)NC(=O)c3ccccc3)c2)c2ccccc2)sc2c1CCN(C(=O)OC(C)(C)C)C2. The second-order valence-corrected chi connectivity index (χ2v) is 17.0. The van der Waals surface area contributed by atoms with Crippen LogP contribution in [0.4, 0.5) is 21.2 Å². The number of nitrogens with zero attached hydrogens (tertiary/aromatic N) is 2. The lowest BCUT2D eigenvalue weighted by Crippen LogP contribution is -2.39. The second-order valence-electron chi connectivity index (χ2n) is 14.7. The summed E-state index contributed by atoms with van der Waals surface area (Å²) in [5.74, 6) is -2.20. The first kappa shape index (κ1) is 43.8. The molecule has 14 nitrogen and oxygen atoms in total. The maximum atomic E-state index is 14.4. The van der Waals surface area contributed by atoms with Crippen LogP contribution in [0.25, 0.3) is 6.08 Å². The fourth-order valence-electron chi connectivity index (χ4n) is 6.25. The van der Waals surface area contributed by atoms with Gasteiger partial charge in [-0.15, -0.1) is 23.1 Å². The molecule has 4 amide bonds. The van der Waals surface area contributed by atoms with Gasteiger partial charge < -0.3 is 30.3 Å². The molecular formula is C45H43N5O9S2. The molecule has 0 bridgehead atoms. The Morgan fingerprint density at radius 1 is 0.918 bits per heavy atom. The summed E-state index contributed by atoms with van der Waals surface area (Å²) in [4.78, 5) is 81.3. The number of rotatable bonds is 13. The van der Waals surface area contributed by atoms with Gasteiger partial charge in [0.05, 0.1) is 23.6 Å². The lowest BCUT2D eigenvalue weighted by molar-refractivity contribution is -0.384. The van der Waals surface area contributed by atoms with Crippen molar-refractivity contribution < 1.29 is 38.4 Å². The number of nitro benzene ring substituents is 1. The number of nitro groups is 1. The molecule has 0 saturated heterocycles. The van der Waals surface area contributed by atoms with Crippen LogP contribution < -0.4 is 16.0 Å². The van der Waals surface area contributed by atoms with Crippen molar-refractivity contribution in [1.29, 1.82) is 0 Å². The number of nitrogens with one attached hydrogen (secondary N) is 3. The van der Waals surface area contributed by atoms with Crippen LogP contribution in [0.15, 0.2) is 120 Å². The molecule has 6 rings (SSSR count). The Bertz CT molecular complexity index is 2470. The van der Waals surface area contributed by atoms with Crippen LogP contribution in [0.1, 0.15) is 75.2 Å². The predicted molar refractivity (Wildman–Crippen MR) is 234 cm³/mol. The molecule has 61 heavy (non-hydrogen) atoms. The summed E-state index contributed by atoms with van der Waals surface area (Å²) in [6.07, 6.45) is 1.31. The minimum absolute atomic E-state index is 0.118. The van der Waals surface area contributed by atoms with Gasteiger partial charge in [0.25, 0.3) is 17.5 Å². The van der Waals surface area contributed by atoms with Crippen molar-refractivity contribution in [3.63, 3.8) is 0 Å². The van der Waals surface area contributed by atoms with Gasteiger partial charge in [0.15, 0.2) is 0 Å². The van der Waals surface area contributed by atoms with Crippen molar-refractivity contribution in [2.45, 2.75) is 56.4 Å². The van der Waals surface area contributed by atoms with Gasteiger partial charge in [-0.1, -0.05) is 54.6 Å². The standard InChI is InChI=1S/C45H43N5O9S2/c1-5-58-43(54)37-34-23-24-49(44(55)59-45(2,3)4)27-36(34)61-42(37)48-41(53)38(29-13-8-6-9-14-29)60-33-18-12-17-31(26-33)46-40(52)35(47-39(51)30-15-10-7-11-16-30)25-28-19-21-32(22-20-28)50(56)57/h6-22,25-26,38H,5,23-24,27H2,1-4H3,(H,46,52)(H,47,51)(H,48,53)/b35-25+. The number of anilines is 2. The zero-order valence-corrected chi connectivity index (χ0v) is 35.4. The molecule has 16 heteroatoms. The van der Waals surface area contributed by atoms with E-state index in [2.05, 4.69) is 16.0 Å². The molecule has 1 aliphatic heterocycles. The molecule has 2 heterocycles. The van der Waals surface area contributed by atoms with Crippen LogP contribution in [0.5, 0.6) is 0 Å². The van der Waals surface area contributed by atoms with Gasteiger partial charge in [0.1, 0.15) is 21.5 Å². The number of fused-ring (bicyclic) bond motifs is 1. The third-order valence-electron chi connectivity index (χ3n) is 9.05. The topological polar surface area (TPSA) is 186 Å². The highest BCUT2D eigenvalue weighted by atomic mass is 32.2. The molecule has 0 fully saturated rings. The number of carbonyl (C=O) groups is 5. The fraction of sp³-hybridized carbons (Fsp3) is 0.222. The van der Waals surface area contributed by atoms with Crippen LogP contribution in [-0.2, 0) is 32.0 Å². The monoisotopic (exact) mass is 861 g/mol. The Labute approximate surface area is 360 Å². The smallest absolute Gasteiger partial charge is 0.410 e. The summed E-state index contributed by atoms with van der Waals surface area (Å²) in [6.45, 7) is 7.73. The van der Waals surface area contributed by atoms with Crippen LogP contribution in [0.3, 0.4) is 0 Å². The minimum Gasteiger partial charge on any atom is -0.462 e. The maximum Gasteiger partial charge on any atom is 0.410 e. The van der Waals surface area contributed by atoms with E-state index in [1.165, 1.54) is 53.4 Å². The number of esters is 1. The Morgan fingerprint density at radius 3 is 2.26 bits per heavy atom. The first-order valence-electron chi connectivity index (χ1n) is 19.2. The maximum absolute atomic E-state index is 14.4. The summed E-state index contributed by atoms with van der Waals surface area (Å²) >= 11 is 2.43. The van der Waals surface area contributed by atoms with E-state index in [1.54, 1.807) is 87.2 Å². The zero-order valence-electron chi connectivity index (χ0n) is 33.8. The third-order valence-corrected chi connectivity index (χ3v) is 11.4. The largest absolute Gasteiger partial charge is 0.462 e. The normalized spacial score (nSPS) is 13.0. The van der Waals surface area contributed by atoms with Gasteiger partial charge in [0.2, 0.25) is 5.91 Å². The molecule has 1 aliphatic rings. The van der Waals surface area contributed by atoms with Crippen molar-refractivity contribution >= 4 is 75.3 Å². The van der Waals surface area contributed by atoms with Crippen molar-refractivity contribution in [1.82, 2.24) is 10.2 Å². The van der Waals surface area contributed by atoms with Gasteiger partial charge >= 0.3 is 12.1 Å². The summed E-state index contributed by atoms with van der Waals surface area (Å²) in [7, 11) is 0. The summed E-state index contributed by atoms with van der Waals surface area (Å²) in [5.41, 5.74) is 1.82. The van der Waals surface area contributed by atoms with E-state index in [1.807, 2.05) is 30.3 Å². The number of benzene rings is 4. The lowest BCUT2D eigenvalue weighted by atomic mass is 10.0. The predicted octanol–water partition coefficient (Wildman–Crippen LogP) is 9.01. The van der Waals surface area contributed by atoms with Crippen LogP contribution in [0.2, 0.25) is 0 Å². The summed E-state index contributed by atoms with van der Waals surface area (Å²) in [5, 5.41) is 19.2. The highest BCUT2D eigenvalue weighted by Gasteiger charge is 2.34. The highest BCUT2D eigenvalue weighted by Crippen LogP contribution is 2.41. The van der Waals surface area contributed by atoms with E-state index in [4.69, 9.17) is 9.47 Å². The van der Waals surface area contributed by atoms with Crippen molar-refractivity contribution in [3.8, 4) is 0 Å². The molecule has 5 aromatic rings. The van der Waals surface area contributed by atoms with Crippen molar-refractivity contribution in [2.75, 3.05) is 23.8 Å². The molecule has 1 aromatic heterocycles. The number of non-ortho nitro benzene ring substituents is 1. The van der Waals surface area contributed by atoms with Gasteiger partial charge in [-0.3, -0.25) is 24.5 Å². The summed E-state index contributed by atoms with van der Waals surface area (Å²) in [6, 6.07) is 29.8. The number of thiophene rings is 1. The average Bonchev–Trinajstić information content (AvgIpc) is 3.60. The number of hydrogen-bond donors (Lipinski definition) is 3. The van der Waals surface area contributed by atoms with Gasteiger partial charge in [-0.05, 0) is 99.3 Å². The van der Waals surface area contributed by atoms with Crippen molar-refractivity contribution in [3.05, 3.63) is 158 Å². The molecule has 314 valence electrons. The Morgan fingerprint density at radius 2 is 1.61 bits per heavy atom. The van der Waals surface area contributed by atoms with Crippen molar-refractivity contribution in [2.24, 2.45) is 0 Å². The summed E-state index contributed by atoms with van der Waals surface area (Å²) < 4.78 is 11.0. The molecule has 0 radical (unpaired) electrons. The minimum atomic E-state index is -0.831. The number of carbonyl (C=O) groups excluding carboxylic acids is 5. The highest BCUT2D eigenvalue weighted by molar-refractivity contribution is 8.00. The van der Waals surface area contributed by atoms with Gasteiger partial charge in [0, 0.05) is 39.7 Å².